The highest BCUT2D eigenvalue weighted by molar-refractivity contribution is 7.92. The Morgan fingerprint density at radius 3 is 2.40 bits per heavy atom. The first kappa shape index (κ1) is 16.7. The van der Waals surface area contributed by atoms with Crippen LogP contribution in [0.5, 0.6) is 0 Å². The van der Waals surface area contributed by atoms with Gasteiger partial charge in [0.1, 0.15) is 0 Å². The maximum atomic E-state index is 12.2. The van der Waals surface area contributed by atoms with E-state index in [0.717, 1.165) is 11.0 Å². The molecule has 0 aliphatic heterocycles. The van der Waals surface area contributed by atoms with Crippen LogP contribution in [0.3, 0.4) is 0 Å². The van der Waals surface area contributed by atoms with Crippen molar-refractivity contribution in [2.24, 2.45) is 0 Å². The monoisotopic (exact) mass is 311 g/mol. The van der Waals surface area contributed by atoms with Crippen molar-refractivity contribution in [2.75, 3.05) is 6.54 Å². The van der Waals surface area contributed by atoms with E-state index in [4.69, 9.17) is 11.6 Å². The molecule has 0 bridgehead atoms. The van der Waals surface area contributed by atoms with Gasteiger partial charge in [-0.05, 0) is 24.1 Å². The fourth-order valence-corrected chi connectivity index (χ4v) is 2.86. The number of hydrogen-bond donors (Lipinski definition) is 0. The van der Waals surface area contributed by atoms with Crippen molar-refractivity contribution in [1.82, 2.24) is 4.31 Å². The largest absolute Gasteiger partial charge is 0.236 e. The normalized spacial score (nSPS) is 11.9. The molecule has 0 aliphatic rings. The molecule has 5 heteroatoms. The van der Waals surface area contributed by atoms with Gasteiger partial charge in [0.05, 0.1) is 0 Å². The van der Waals surface area contributed by atoms with Gasteiger partial charge in [0, 0.05) is 23.5 Å². The highest BCUT2D eigenvalue weighted by atomic mass is 35.5. The zero-order valence-corrected chi connectivity index (χ0v) is 12.8. The van der Waals surface area contributed by atoms with Crippen molar-refractivity contribution in [3.63, 3.8) is 0 Å². The molecule has 1 rings (SSSR count). The van der Waals surface area contributed by atoms with Gasteiger partial charge in [-0.3, -0.25) is 0 Å². The number of rotatable bonds is 8. The van der Waals surface area contributed by atoms with Crippen LogP contribution in [0.2, 0.25) is 5.02 Å². The minimum Gasteiger partial charge on any atom is -0.207 e. The Kier molecular flexibility index (Phi) is 6.71. The van der Waals surface area contributed by atoms with E-state index in [1.54, 1.807) is 18.2 Å². The second-order valence-electron chi connectivity index (χ2n) is 4.15. The Morgan fingerprint density at radius 2 is 1.85 bits per heavy atom. The molecule has 20 heavy (non-hydrogen) atoms. The minimum absolute atomic E-state index is 0.300. The van der Waals surface area contributed by atoms with Crippen LogP contribution in [-0.2, 0) is 16.6 Å². The van der Waals surface area contributed by atoms with E-state index < -0.39 is 10.0 Å². The molecular weight excluding hydrogens is 294 g/mol. The second kappa shape index (κ2) is 8.04. The van der Waals surface area contributed by atoms with Crippen molar-refractivity contribution < 1.29 is 8.42 Å². The van der Waals surface area contributed by atoms with Gasteiger partial charge in [0.2, 0.25) is 10.0 Å². The molecule has 1 aromatic carbocycles. The maximum absolute atomic E-state index is 12.2. The number of halogens is 1. The molecule has 0 saturated carbocycles. The maximum Gasteiger partial charge on any atom is 0.236 e. The Hall–Kier alpha value is -1.36. The van der Waals surface area contributed by atoms with Crippen LogP contribution in [0.25, 0.3) is 0 Å². The van der Waals surface area contributed by atoms with Gasteiger partial charge in [-0.1, -0.05) is 48.5 Å². The van der Waals surface area contributed by atoms with Crippen LogP contribution in [0.15, 0.2) is 61.1 Å². The van der Waals surface area contributed by atoms with Gasteiger partial charge in [0.25, 0.3) is 0 Å². The number of allylic oxidation sites excluding steroid dienone is 2. The summed E-state index contributed by atoms with van der Waals surface area (Å²) in [7, 11) is -3.46. The van der Waals surface area contributed by atoms with Crippen molar-refractivity contribution in [3.05, 3.63) is 71.6 Å². The lowest BCUT2D eigenvalue weighted by atomic mass is 10.2. The SMILES string of the molecule is C=C/C=C/S(=O)(=O)N(CCC=C)Cc1ccc(Cl)cc1. The molecule has 0 aliphatic carbocycles. The summed E-state index contributed by atoms with van der Waals surface area (Å²) in [5, 5.41) is 1.78. The Morgan fingerprint density at radius 1 is 1.20 bits per heavy atom. The molecule has 0 amide bonds. The topological polar surface area (TPSA) is 37.4 Å². The Bertz CT molecular complexity index is 576. The third-order valence-corrected chi connectivity index (χ3v) is 4.39. The first-order chi connectivity index (χ1) is 9.49. The molecule has 0 fully saturated rings. The number of sulfonamides is 1. The van der Waals surface area contributed by atoms with E-state index in [-0.39, 0.29) is 0 Å². The molecule has 0 heterocycles. The van der Waals surface area contributed by atoms with E-state index in [2.05, 4.69) is 13.2 Å². The molecule has 108 valence electrons. The molecule has 0 N–H and O–H groups in total. The fraction of sp³-hybridized carbons (Fsp3) is 0.200. The van der Waals surface area contributed by atoms with E-state index >= 15 is 0 Å². The number of nitrogens with zero attached hydrogens (tertiary/aromatic N) is 1. The van der Waals surface area contributed by atoms with Crippen molar-refractivity contribution in [2.45, 2.75) is 13.0 Å². The molecule has 3 nitrogen and oxygen atoms in total. The molecule has 0 spiro atoms. The predicted octanol–water partition coefficient (Wildman–Crippen LogP) is 3.75. The van der Waals surface area contributed by atoms with E-state index in [1.165, 1.54) is 16.5 Å². The summed E-state index contributed by atoms with van der Waals surface area (Å²) in [6.07, 6.45) is 5.14. The lowest BCUT2D eigenvalue weighted by Gasteiger charge is -2.19. The van der Waals surface area contributed by atoms with Crippen molar-refractivity contribution in [1.29, 1.82) is 0 Å². The van der Waals surface area contributed by atoms with E-state index in [1.807, 2.05) is 12.1 Å². The van der Waals surface area contributed by atoms with Gasteiger partial charge in [-0.25, -0.2) is 8.42 Å². The smallest absolute Gasteiger partial charge is 0.207 e. The van der Waals surface area contributed by atoms with Crippen molar-refractivity contribution >= 4 is 21.6 Å². The molecule has 0 aromatic heterocycles. The average molecular weight is 312 g/mol. The predicted molar refractivity (Wildman–Crippen MR) is 84.9 cm³/mol. The summed E-state index contributed by atoms with van der Waals surface area (Å²) in [5.41, 5.74) is 0.883. The molecule has 0 radical (unpaired) electrons. The molecule has 0 saturated heterocycles. The minimum atomic E-state index is -3.46. The molecule has 0 unspecified atom stereocenters. The van der Waals surface area contributed by atoms with Crippen LogP contribution in [-0.4, -0.2) is 19.3 Å². The first-order valence-electron chi connectivity index (χ1n) is 6.14. The quantitative estimate of drug-likeness (QED) is 0.541. The van der Waals surface area contributed by atoms with Crippen molar-refractivity contribution in [3.8, 4) is 0 Å². The van der Waals surface area contributed by atoms with E-state index in [9.17, 15) is 8.42 Å². The third-order valence-electron chi connectivity index (χ3n) is 2.60. The molecular formula is C15H18ClNO2S. The summed E-state index contributed by atoms with van der Waals surface area (Å²) < 4.78 is 25.8. The summed E-state index contributed by atoms with van der Waals surface area (Å²) in [6.45, 7) is 7.79. The van der Waals surface area contributed by atoms with Gasteiger partial charge in [-0.15, -0.1) is 6.58 Å². The third kappa shape index (κ3) is 5.33. The van der Waals surface area contributed by atoms with Crippen LogP contribution in [0, 0.1) is 0 Å². The summed E-state index contributed by atoms with van der Waals surface area (Å²) in [6, 6.07) is 7.12. The van der Waals surface area contributed by atoms with Crippen LogP contribution in [0.1, 0.15) is 12.0 Å². The molecule has 1 aromatic rings. The van der Waals surface area contributed by atoms with E-state index in [0.29, 0.717) is 24.5 Å². The average Bonchev–Trinajstić information content (AvgIpc) is 2.43. The second-order valence-corrected chi connectivity index (χ2v) is 6.40. The standard InChI is InChI=1S/C15H18ClNO2S/c1-3-5-11-17(20(18,19)12-6-4-2)13-14-7-9-15(16)10-8-14/h3-4,6-10,12H,1-2,5,11,13H2/b12-6+. The summed E-state index contributed by atoms with van der Waals surface area (Å²) in [5.74, 6) is 0. The summed E-state index contributed by atoms with van der Waals surface area (Å²) >= 11 is 5.82. The lowest BCUT2D eigenvalue weighted by molar-refractivity contribution is 0.418. The highest BCUT2D eigenvalue weighted by Gasteiger charge is 2.18. The number of hydrogen-bond acceptors (Lipinski definition) is 2. The number of benzene rings is 1. The van der Waals surface area contributed by atoms with Gasteiger partial charge < -0.3 is 0 Å². The first-order valence-corrected chi connectivity index (χ1v) is 8.02. The Labute approximate surface area is 125 Å². The molecule has 0 atom stereocenters. The van der Waals surface area contributed by atoms with Gasteiger partial charge >= 0.3 is 0 Å². The summed E-state index contributed by atoms with van der Waals surface area (Å²) in [4.78, 5) is 0. The van der Waals surface area contributed by atoms with Crippen LogP contribution in [0.4, 0.5) is 0 Å². The zero-order valence-electron chi connectivity index (χ0n) is 11.2. The van der Waals surface area contributed by atoms with Gasteiger partial charge in [0.15, 0.2) is 0 Å². The fourth-order valence-electron chi connectivity index (χ4n) is 1.57. The van der Waals surface area contributed by atoms with Gasteiger partial charge in [-0.2, -0.15) is 4.31 Å². The Balaban J connectivity index is 2.94. The zero-order chi connectivity index (χ0) is 15.0. The lowest BCUT2D eigenvalue weighted by Crippen LogP contribution is -2.29. The highest BCUT2D eigenvalue weighted by Crippen LogP contribution is 2.15. The van der Waals surface area contributed by atoms with Crippen LogP contribution < -0.4 is 0 Å². The van der Waals surface area contributed by atoms with Crippen LogP contribution >= 0.6 is 11.6 Å².